The maximum absolute atomic E-state index is 12.4. The fourth-order valence-electron chi connectivity index (χ4n) is 2.52. The van der Waals surface area contributed by atoms with Crippen molar-refractivity contribution in [2.45, 2.75) is 6.42 Å². The van der Waals surface area contributed by atoms with Crippen LogP contribution in [-0.4, -0.2) is 27.9 Å². The summed E-state index contributed by atoms with van der Waals surface area (Å²) in [5, 5.41) is 18.5. The zero-order chi connectivity index (χ0) is 18.2. The van der Waals surface area contributed by atoms with E-state index in [9.17, 15) is 24.6 Å². The van der Waals surface area contributed by atoms with Crippen LogP contribution < -0.4 is 0 Å². The Labute approximate surface area is 145 Å². The molecule has 0 radical (unpaired) electrons. The first-order valence-electron chi connectivity index (χ1n) is 7.76. The van der Waals surface area contributed by atoms with Gasteiger partial charge in [0.15, 0.2) is 11.7 Å². The number of ketones is 1. The van der Waals surface area contributed by atoms with Gasteiger partial charge in [-0.05, 0) is 5.56 Å². The molecule has 0 saturated carbocycles. The van der Waals surface area contributed by atoms with Crippen molar-refractivity contribution in [1.29, 1.82) is 0 Å². The molecule has 2 N–H and O–H groups in total. The number of carboxylic acid groups (broad SMARTS) is 2. The molecule has 2 rings (SSSR count). The lowest BCUT2D eigenvalue weighted by Crippen LogP contribution is -2.31. The Kier molecular flexibility index (Phi) is 6.23. The van der Waals surface area contributed by atoms with E-state index in [0.29, 0.717) is 5.56 Å². The summed E-state index contributed by atoms with van der Waals surface area (Å²) in [6.07, 6.45) is 2.93. The van der Waals surface area contributed by atoms with Crippen molar-refractivity contribution in [3.63, 3.8) is 0 Å². The number of rotatable bonds is 8. The minimum atomic E-state index is -1.69. The van der Waals surface area contributed by atoms with E-state index in [1.165, 1.54) is 6.08 Å². The highest BCUT2D eigenvalue weighted by molar-refractivity contribution is 5.98. The van der Waals surface area contributed by atoms with E-state index in [-0.39, 0.29) is 12.2 Å². The molecule has 1 atom stereocenters. The molecule has 5 nitrogen and oxygen atoms in total. The molecule has 1 unspecified atom stereocenters. The molecule has 0 aromatic heterocycles. The maximum Gasteiger partial charge on any atom is 0.318 e. The highest BCUT2D eigenvalue weighted by Gasteiger charge is 2.34. The molecule has 0 aliphatic carbocycles. The molecule has 0 spiro atoms. The lowest BCUT2D eigenvalue weighted by Gasteiger charge is -2.17. The van der Waals surface area contributed by atoms with Crippen LogP contribution in [-0.2, 0) is 9.59 Å². The van der Waals surface area contributed by atoms with Gasteiger partial charge < -0.3 is 10.2 Å². The number of carboxylic acids is 2. The predicted octanol–water partition coefficient (Wildman–Crippen LogP) is 3.37. The maximum atomic E-state index is 12.4. The molecule has 2 aromatic rings. The summed E-state index contributed by atoms with van der Waals surface area (Å²) in [6.45, 7) is 0. The van der Waals surface area contributed by atoms with Crippen molar-refractivity contribution in [2.24, 2.45) is 11.8 Å². The van der Waals surface area contributed by atoms with Gasteiger partial charge in [-0.2, -0.15) is 0 Å². The van der Waals surface area contributed by atoms with Gasteiger partial charge in [-0.1, -0.05) is 72.8 Å². The minimum absolute atomic E-state index is 0.198. The molecule has 0 saturated heterocycles. The second-order valence-electron chi connectivity index (χ2n) is 5.58. The fourth-order valence-corrected chi connectivity index (χ4v) is 2.52. The summed E-state index contributed by atoms with van der Waals surface area (Å²) in [4.78, 5) is 35.2. The van der Waals surface area contributed by atoms with Crippen molar-refractivity contribution >= 4 is 23.8 Å². The molecule has 2 aromatic carbocycles. The van der Waals surface area contributed by atoms with Gasteiger partial charge in [-0.25, -0.2) is 0 Å². The molecule has 25 heavy (non-hydrogen) atoms. The Morgan fingerprint density at radius 1 is 0.840 bits per heavy atom. The van der Waals surface area contributed by atoms with Crippen molar-refractivity contribution in [2.75, 3.05) is 0 Å². The number of aliphatic carboxylic acids is 2. The normalized spacial score (nSPS) is 12.2. The van der Waals surface area contributed by atoms with E-state index in [2.05, 4.69) is 0 Å². The van der Waals surface area contributed by atoms with Crippen LogP contribution in [0.5, 0.6) is 0 Å². The van der Waals surface area contributed by atoms with Crippen LogP contribution in [0.15, 0.2) is 66.7 Å². The highest BCUT2D eigenvalue weighted by atomic mass is 16.4. The Morgan fingerprint density at radius 2 is 1.36 bits per heavy atom. The zero-order valence-electron chi connectivity index (χ0n) is 13.4. The molecular weight excluding hydrogens is 320 g/mol. The summed E-state index contributed by atoms with van der Waals surface area (Å²) in [5.74, 6) is -5.86. The molecule has 0 aliphatic heterocycles. The predicted molar refractivity (Wildman–Crippen MR) is 93.1 cm³/mol. The Bertz CT molecular complexity index is 751. The summed E-state index contributed by atoms with van der Waals surface area (Å²) in [6, 6.07) is 17.5. The Morgan fingerprint density at radius 3 is 1.88 bits per heavy atom. The van der Waals surface area contributed by atoms with Crippen LogP contribution in [0.25, 0.3) is 6.08 Å². The topological polar surface area (TPSA) is 91.7 Å². The third-order valence-corrected chi connectivity index (χ3v) is 3.81. The van der Waals surface area contributed by atoms with Crippen LogP contribution in [0, 0.1) is 11.8 Å². The van der Waals surface area contributed by atoms with Gasteiger partial charge in [0.25, 0.3) is 0 Å². The quantitative estimate of drug-likeness (QED) is 0.569. The van der Waals surface area contributed by atoms with Crippen LogP contribution in [0.3, 0.4) is 0 Å². The number of carbonyl (C=O) groups is 3. The molecule has 0 aliphatic rings. The van der Waals surface area contributed by atoms with E-state index in [4.69, 9.17) is 0 Å². The summed E-state index contributed by atoms with van der Waals surface area (Å²) in [7, 11) is 0. The van der Waals surface area contributed by atoms with Crippen LogP contribution in [0.1, 0.15) is 22.3 Å². The summed E-state index contributed by atoms with van der Waals surface area (Å²) >= 11 is 0. The van der Waals surface area contributed by atoms with E-state index in [0.717, 1.165) is 5.56 Å². The Hall–Kier alpha value is -3.21. The Balaban J connectivity index is 2.28. The van der Waals surface area contributed by atoms with Gasteiger partial charge in [-0.15, -0.1) is 0 Å². The molecule has 0 heterocycles. The van der Waals surface area contributed by atoms with E-state index in [1.54, 1.807) is 36.4 Å². The van der Waals surface area contributed by atoms with E-state index in [1.807, 2.05) is 30.3 Å². The molecular formula is C20H18O5. The van der Waals surface area contributed by atoms with Crippen molar-refractivity contribution in [1.82, 2.24) is 0 Å². The van der Waals surface area contributed by atoms with Gasteiger partial charge in [0.1, 0.15) is 0 Å². The van der Waals surface area contributed by atoms with Crippen LogP contribution in [0.4, 0.5) is 0 Å². The smallest absolute Gasteiger partial charge is 0.318 e. The first-order chi connectivity index (χ1) is 12.0. The molecule has 0 amide bonds. The number of hydrogen-bond donors (Lipinski definition) is 2. The van der Waals surface area contributed by atoms with Gasteiger partial charge in [-0.3, -0.25) is 14.4 Å². The second-order valence-corrected chi connectivity index (χ2v) is 5.58. The van der Waals surface area contributed by atoms with Crippen LogP contribution >= 0.6 is 0 Å². The number of Topliss-reactive ketones (excluding diaryl/α,β-unsaturated/α-hetero) is 1. The van der Waals surface area contributed by atoms with Gasteiger partial charge in [0.2, 0.25) is 0 Å². The first-order valence-corrected chi connectivity index (χ1v) is 7.76. The highest BCUT2D eigenvalue weighted by Crippen LogP contribution is 2.23. The second kappa shape index (κ2) is 8.59. The summed E-state index contributed by atoms with van der Waals surface area (Å²) < 4.78 is 0. The lowest BCUT2D eigenvalue weighted by molar-refractivity contribution is -0.156. The summed E-state index contributed by atoms with van der Waals surface area (Å²) in [5.41, 5.74) is 1.23. The lowest BCUT2D eigenvalue weighted by atomic mass is 9.85. The molecule has 0 fully saturated rings. The third-order valence-electron chi connectivity index (χ3n) is 3.81. The van der Waals surface area contributed by atoms with Crippen molar-refractivity contribution in [3.05, 3.63) is 77.9 Å². The average molecular weight is 338 g/mol. The number of allylic oxidation sites excluding steroid dienone is 1. The van der Waals surface area contributed by atoms with Crippen LogP contribution in [0.2, 0.25) is 0 Å². The first kappa shape index (κ1) is 18.1. The largest absolute Gasteiger partial charge is 0.481 e. The van der Waals surface area contributed by atoms with Gasteiger partial charge in [0.05, 0.1) is 0 Å². The number of hydrogen-bond acceptors (Lipinski definition) is 3. The monoisotopic (exact) mass is 338 g/mol. The minimum Gasteiger partial charge on any atom is -0.481 e. The van der Waals surface area contributed by atoms with Gasteiger partial charge in [0, 0.05) is 17.9 Å². The van der Waals surface area contributed by atoms with E-state index < -0.39 is 23.8 Å². The standard InChI is InChI=1S/C20H18O5/c21-17(15-9-5-2-6-10-15)13-16(18(19(22)23)20(24)25)12-11-14-7-3-1-4-8-14/h1-12,16,18H,13H2,(H,22,23)(H,24,25)/b12-11+. The fraction of sp³-hybridized carbons (Fsp3) is 0.150. The number of carbonyl (C=O) groups excluding carboxylic acids is 1. The van der Waals surface area contributed by atoms with Gasteiger partial charge >= 0.3 is 11.9 Å². The zero-order valence-corrected chi connectivity index (χ0v) is 13.4. The van der Waals surface area contributed by atoms with Crippen molar-refractivity contribution in [3.8, 4) is 0 Å². The SMILES string of the molecule is O=C(CC(/C=C/c1ccccc1)C(C(=O)O)C(=O)O)c1ccccc1. The molecule has 0 bridgehead atoms. The average Bonchev–Trinajstić information content (AvgIpc) is 2.60. The third kappa shape index (κ3) is 5.14. The van der Waals surface area contributed by atoms with E-state index >= 15 is 0 Å². The van der Waals surface area contributed by atoms with Crippen molar-refractivity contribution < 1.29 is 24.6 Å². The molecule has 128 valence electrons. The number of benzene rings is 2. The molecule has 5 heteroatoms.